The molecule has 9 nitrogen and oxygen atoms in total. The zero-order valence-electron chi connectivity index (χ0n) is 19.2. The van der Waals surface area contributed by atoms with Crippen molar-refractivity contribution < 1.29 is 19.1 Å². The van der Waals surface area contributed by atoms with Crippen LogP contribution in [0.4, 0.5) is 10.5 Å². The molecule has 2 amide bonds. The predicted molar refractivity (Wildman–Crippen MR) is 129 cm³/mol. The number of amides is 2. The fourth-order valence-corrected chi connectivity index (χ4v) is 4.81. The van der Waals surface area contributed by atoms with E-state index in [4.69, 9.17) is 19.7 Å². The Hall–Kier alpha value is -3.58. The number of ether oxygens (including phenoxy) is 2. The Morgan fingerprint density at radius 3 is 2.74 bits per heavy atom. The quantitative estimate of drug-likeness (QED) is 0.661. The summed E-state index contributed by atoms with van der Waals surface area (Å²) in [5, 5.41) is 15.0. The van der Waals surface area contributed by atoms with Gasteiger partial charge in [-0.25, -0.2) is 9.78 Å². The molecule has 0 bridgehead atoms. The number of pyridine rings is 1. The zero-order chi connectivity index (χ0) is 24.3. The molecule has 10 heteroatoms. The predicted octanol–water partition coefficient (Wildman–Crippen LogP) is 4.20. The lowest BCUT2D eigenvalue weighted by molar-refractivity contribution is 0.0563. The normalized spacial score (nSPS) is 19.2. The average Bonchev–Trinajstić information content (AvgIpc) is 2.78. The number of thioether (sulfide) groups is 1. The van der Waals surface area contributed by atoms with Gasteiger partial charge in [-0.1, -0.05) is 11.8 Å². The van der Waals surface area contributed by atoms with Gasteiger partial charge < -0.3 is 14.8 Å². The molecule has 0 fully saturated rings. The first-order valence-corrected chi connectivity index (χ1v) is 11.8. The molecular weight excluding hydrogens is 454 g/mol. The van der Waals surface area contributed by atoms with Crippen LogP contribution >= 0.6 is 11.8 Å². The molecule has 2 aliphatic heterocycles. The topological polar surface area (TPSA) is 126 Å². The van der Waals surface area contributed by atoms with Crippen molar-refractivity contribution in [2.24, 2.45) is 4.99 Å². The number of alkyl carbamates (subject to hydrolysis) is 1. The number of nitrogens with one attached hydrogen (secondary N) is 2. The Labute approximate surface area is 202 Å². The van der Waals surface area contributed by atoms with E-state index < -0.39 is 17.2 Å². The van der Waals surface area contributed by atoms with Gasteiger partial charge in [0.2, 0.25) is 0 Å². The van der Waals surface area contributed by atoms with E-state index in [9.17, 15) is 9.59 Å². The third-order valence-corrected chi connectivity index (χ3v) is 6.19. The highest BCUT2D eigenvalue weighted by Crippen LogP contribution is 2.46. The second kappa shape index (κ2) is 9.35. The number of aliphatic imine (C=N–C) groups is 1. The molecule has 1 aromatic heterocycles. The van der Waals surface area contributed by atoms with Crippen molar-refractivity contribution in [2.45, 2.75) is 44.8 Å². The Kier molecular flexibility index (Phi) is 6.48. The van der Waals surface area contributed by atoms with Gasteiger partial charge in [0, 0.05) is 29.6 Å². The van der Waals surface area contributed by atoms with Gasteiger partial charge in [0.25, 0.3) is 5.91 Å². The van der Waals surface area contributed by atoms with E-state index in [1.807, 2.05) is 39.0 Å². The molecule has 2 aromatic rings. The Morgan fingerprint density at radius 2 is 2.03 bits per heavy atom. The molecule has 0 saturated heterocycles. The maximum Gasteiger partial charge on any atom is 0.413 e. The number of nitrogens with zero attached hydrogens (tertiary/aromatic N) is 3. The minimum absolute atomic E-state index is 0.207. The Balaban J connectivity index is 1.58. The number of aromatic nitrogens is 1. The average molecular weight is 480 g/mol. The SMILES string of the molecule is CC(C)(C)OC(=O)NC1=NC2(CCOc3ccc(NC(=O)c4ccc(C#N)cn4)cc32)CCS1. The lowest BCUT2D eigenvalue weighted by atomic mass is 9.82. The summed E-state index contributed by atoms with van der Waals surface area (Å²) in [6, 6.07) is 10.5. The largest absolute Gasteiger partial charge is 0.493 e. The molecule has 2 aliphatic rings. The summed E-state index contributed by atoms with van der Waals surface area (Å²) in [5.74, 6) is 1.08. The van der Waals surface area contributed by atoms with Crippen molar-refractivity contribution in [3.8, 4) is 11.8 Å². The Bertz CT molecular complexity index is 1180. The highest BCUT2D eigenvalue weighted by atomic mass is 32.2. The zero-order valence-corrected chi connectivity index (χ0v) is 20.0. The van der Waals surface area contributed by atoms with Crippen molar-refractivity contribution in [2.75, 3.05) is 17.7 Å². The van der Waals surface area contributed by atoms with E-state index in [1.54, 1.807) is 12.1 Å². The summed E-state index contributed by atoms with van der Waals surface area (Å²) < 4.78 is 11.2. The minimum Gasteiger partial charge on any atom is -0.493 e. The highest BCUT2D eigenvalue weighted by molar-refractivity contribution is 8.13. The third-order valence-electron chi connectivity index (χ3n) is 5.32. The lowest BCUT2D eigenvalue weighted by Crippen LogP contribution is -2.41. The van der Waals surface area contributed by atoms with Crippen LogP contribution in [0.3, 0.4) is 0 Å². The number of rotatable bonds is 2. The molecule has 1 spiro atoms. The molecule has 34 heavy (non-hydrogen) atoms. The van der Waals surface area contributed by atoms with Gasteiger partial charge in [0.05, 0.1) is 17.7 Å². The molecule has 3 heterocycles. The summed E-state index contributed by atoms with van der Waals surface area (Å²) >= 11 is 1.47. The molecule has 176 valence electrons. The van der Waals surface area contributed by atoms with Crippen LogP contribution in [0.15, 0.2) is 41.5 Å². The number of amidine groups is 1. The van der Waals surface area contributed by atoms with Crippen molar-refractivity contribution in [3.05, 3.63) is 53.3 Å². The van der Waals surface area contributed by atoms with Gasteiger partial charge in [0.15, 0.2) is 5.17 Å². The highest BCUT2D eigenvalue weighted by Gasteiger charge is 2.40. The third kappa shape index (κ3) is 5.31. The monoisotopic (exact) mass is 479 g/mol. The van der Waals surface area contributed by atoms with Gasteiger partial charge in [-0.2, -0.15) is 5.26 Å². The van der Waals surface area contributed by atoms with E-state index in [0.29, 0.717) is 35.2 Å². The van der Waals surface area contributed by atoms with E-state index in [2.05, 4.69) is 15.6 Å². The standard InChI is InChI=1S/C24H25N5O4S/c1-23(2,3)33-22(31)28-21-29-24(9-11-34-21)8-10-32-19-7-5-16(12-17(19)24)27-20(30)18-6-4-15(13-25)14-26-18/h4-7,12,14H,8-11H2,1-3H3,(H,27,30)(H,28,29,31). The van der Waals surface area contributed by atoms with E-state index >= 15 is 0 Å². The van der Waals surface area contributed by atoms with Crippen molar-refractivity contribution in [1.29, 1.82) is 5.26 Å². The number of carbonyl (C=O) groups is 2. The molecule has 1 atom stereocenters. The van der Waals surface area contributed by atoms with E-state index in [-0.39, 0.29) is 11.6 Å². The van der Waals surface area contributed by atoms with Crippen LogP contribution in [0.5, 0.6) is 5.75 Å². The number of carbonyl (C=O) groups excluding carboxylic acids is 2. The van der Waals surface area contributed by atoms with Crippen LogP contribution in [-0.2, 0) is 10.3 Å². The number of nitriles is 1. The van der Waals surface area contributed by atoms with Crippen molar-refractivity contribution >= 4 is 34.6 Å². The minimum atomic E-state index is -0.607. The first-order chi connectivity index (χ1) is 16.2. The lowest BCUT2D eigenvalue weighted by Gasteiger charge is -2.38. The van der Waals surface area contributed by atoms with E-state index in [0.717, 1.165) is 17.7 Å². The fourth-order valence-electron chi connectivity index (χ4n) is 3.78. The van der Waals surface area contributed by atoms with Gasteiger partial charge >= 0.3 is 6.09 Å². The van der Waals surface area contributed by atoms with Crippen LogP contribution < -0.4 is 15.4 Å². The number of anilines is 1. The maximum atomic E-state index is 12.7. The number of hydrogen-bond acceptors (Lipinski definition) is 8. The second-order valence-corrected chi connectivity index (χ2v) is 10.1. The summed E-state index contributed by atoms with van der Waals surface area (Å²) in [6.07, 6.45) is 2.23. The Morgan fingerprint density at radius 1 is 1.21 bits per heavy atom. The van der Waals surface area contributed by atoms with Crippen LogP contribution in [0, 0.1) is 11.3 Å². The number of benzene rings is 1. The molecule has 0 saturated carbocycles. The van der Waals surface area contributed by atoms with Crippen molar-refractivity contribution in [3.63, 3.8) is 0 Å². The summed E-state index contributed by atoms with van der Waals surface area (Å²) in [7, 11) is 0. The smallest absolute Gasteiger partial charge is 0.413 e. The van der Waals surface area contributed by atoms with Crippen LogP contribution in [0.25, 0.3) is 0 Å². The molecule has 1 unspecified atom stereocenters. The molecule has 0 aliphatic carbocycles. The van der Waals surface area contributed by atoms with Gasteiger partial charge in [-0.05, 0) is 57.5 Å². The molecule has 0 radical (unpaired) electrons. The molecular formula is C24H25N5O4S. The molecule has 2 N–H and O–H groups in total. The number of hydrogen-bond donors (Lipinski definition) is 2. The summed E-state index contributed by atoms with van der Waals surface area (Å²) in [6.45, 7) is 5.92. The van der Waals surface area contributed by atoms with Gasteiger partial charge in [0.1, 0.15) is 23.1 Å². The molecule has 4 rings (SSSR count). The first-order valence-electron chi connectivity index (χ1n) is 10.8. The summed E-state index contributed by atoms with van der Waals surface area (Å²) in [4.78, 5) is 33.9. The maximum absolute atomic E-state index is 12.7. The van der Waals surface area contributed by atoms with Crippen molar-refractivity contribution in [1.82, 2.24) is 10.3 Å². The second-order valence-electron chi connectivity index (χ2n) is 8.98. The van der Waals surface area contributed by atoms with Crippen LogP contribution in [0.1, 0.15) is 55.2 Å². The van der Waals surface area contributed by atoms with Crippen LogP contribution in [0.2, 0.25) is 0 Å². The van der Waals surface area contributed by atoms with Crippen LogP contribution in [-0.4, -0.2) is 40.1 Å². The van der Waals surface area contributed by atoms with Gasteiger partial charge in [-0.15, -0.1) is 0 Å². The summed E-state index contributed by atoms with van der Waals surface area (Å²) in [5.41, 5.74) is 0.843. The molecule has 1 aromatic carbocycles. The fraction of sp³-hybridized carbons (Fsp3) is 0.375. The number of fused-ring (bicyclic) bond motifs is 2. The van der Waals surface area contributed by atoms with Gasteiger partial charge in [-0.3, -0.25) is 15.1 Å². The van der Waals surface area contributed by atoms with E-state index in [1.165, 1.54) is 24.0 Å². The first kappa shape index (κ1) is 23.6.